The van der Waals surface area contributed by atoms with Gasteiger partial charge in [-0.05, 0) is 18.4 Å². The van der Waals surface area contributed by atoms with Crippen LogP contribution in [0.1, 0.15) is 6.92 Å². The molecule has 4 heteroatoms. The highest BCUT2D eigenvalue weighted by Crippen LogP contribution is 2.23. The van der Waals surface area contributed by atoms with Crippen molar-refractivity contribution in [3.63, 3.8) is 0 Å². The smallest absolute Gasteiger partial charge is 0.150 e. The van der Waals surface area contributed by atoms with Gasteiger partial charge < -0.3 is 5.73 Å². The summed E-state index contributed by atoms with van der Waals surface area (Å²) in [5.74, 6) is 1.08. The maximum Gasteiger partial charge on any atom is 0.150 e. The van der Waals surface area contributed by atoms with Gasteiger partial charge in [0.2, 0.25) is 0 Å². The molecule has 0 aliphatic carbocycles. The van der Waals surface area contributed by atoms with E-state index in [0.29, 0.717) is 18.1 Å². The fourth-order valence-electron chi connectivity index (χ4n) is 1.40. The Morgan fingerprint density at radius 2 is 2.10 bits per heavy atom. The van der Waals surface area contributed by atoms with E-state index in [1.165, 1.54) is 0 Å². The molecule has 0 radical (unpaired) electrons. The zero-order valence-electron chi connectivity index (χ0n) is 6.08. The van der Waals surface area contributed by atoms with Crippen LogP contribution in [-0.2, 0) is 9.84 Å². The monoisotopic (exact) mass is 163 g/mol. The van der Waals surface area contributed by atoms with Crippen molar-refractivity contribution in [3.05, 3.63) is 0 Å². The molecule has 0 bridgehead atoms. The molecule has 0 aromatic rings. The van der Waals surface area contributed by atoms with E-state index in [0.717, 1.165) is 0 Å². The Morgan fingerprint density at radius 3 is 2.30 bits per heavy atom. The second kappa shape index (κ2) is 2.51. The molecule has 60 valence electrons. The van der Waals surface area contributed by atoms with Crippen molar-refractivity contribution in [3.8, 4) is 0 Å². The molecule has 1 fully saturated rings. The molecular weight excluding hydrogens is 150 g/mol. The highest BCUT2D eigenvalue weighted by atomic mass is 32.2. The maximum absolute atomic E-state index is 11.0. The SMILES string of the molecule is CC1CS(=O)(=O)CC1CN. The quantitative estimate of drug-likeness (QED) is 0.573. The molecule has 0 aromatic carbocycles. The first kappa shape index (κ1) is 8.01. The van der Waals surface area contributed by atoms with E-state index in [4.69, 9.17) is 5.73 Å². The van der Waals surface area contributed by atoms with Crippen LogP contribution in [0.4, 0.5) is 0 Å². The molecule has 0 spiro atoms. The molecule has 0 aromatic heterocycles. The molecule has 2 N–H and O–H groups in total. The summed E-state index contributed by atoms with van der Waals surface area (Å²) in [6.45, 7) is 2.45. The van der Waals surface area contributed by atoms with Crippen LogP contribution < -0.4 is 5.73 Å². The molecule has 0 saturated carbocycles. The lowest BCUT2D eigenvalue weighted by Gasteiger charge is -2.07. The van der Waals surface area contributed by atoms with Gasteiger partial charge in [-0.3, -0.25) is 0 Å². The van der Waals surface area contributed by atoms with Crippen LogP contribution >= 0.6 is 0 Å². The van der Waals surface area contributed by atoms with Gasteiger partial charge in [0, 0.05) is 0 Å². The summed E-state index contributed by atoms with van der Waals surface area (Å²) in [7, 11) is -2.74. The Labute approximate surface area is 61.5 Å². The first-order chi connectivity index (χ1) is 4.55. The summed E-state index contributed by atoms with van der Waals surface area (Å²) < 4.78 is 21.9. The van der Waals surface area contributed by atoms with Gasteiger partial charge in [0.1, 0.15) is 0 Å². The molecular formula is C6H13NO2S. The third kappa shape index (κ3) is 1.49. The molecule has 3 nitrogen and oxygen atoms in total. The zero-order valence-corrected chi connectivity index (χ0v) is 6.89. The van der Waals surface area contributed by atoms with Gasteiger partial charge in [0.15, 0.2) is 9.84 Å². The topological polar surface area (TPSA) is 60.2 Å². The first-order valence-electron chi connectivity index (χ1n) is 3.45. The van der Waals surface area contributed by atoms with Crippen LogP contribution in [0.25, 0.3) is 0 Å². The molecule has 1 heterocycles. The Balaban J connectivity index is 2.71. The number of nitrogens with two attached hydrogens (primary N) is 1. The standard InChI is InChI=1S/C6H13NO2S/c1-5-3-10(8,9)4-6(5)2-7/h5-6H,2-4,7H2,1H3. The summed E-state index contributed by atoms with van der Waals surface area (Å²) in [4.78, 5) is 0. The molecule has 10 heavy (non-hydrogen) atoms. The maximum atomic E-state index is 11.0. The Kier molecular flexibility index (Phi) is 2.01. The van der Waals surface area contributed by atoms with Crippen LogP contribution in [-0.4, -0.2) is 26.5 Å². The summed E-state index contributed by atoms with van der Waals surface area (Å²) in [5.41, 5.74) is 5.38. The van der Waals surface area contributed by atoms with Gasteiger partial charge in [0.25, 0.3) is 0 Å². The average Bonchev–Trinajstić information content (AvgIpc) is 2.05. The fraction of sp³-hybridized carbons (Fsp3) is 1.00. The Hall–Kier alpha value is -0.0900. The van der Waals surface area contributed by atoms with Gasteiger partial charge in [-0.25, -0.2) is 8.42 Å². The molecule has 1 rings (SSSR count). The van der Waals surface area contributed by atoms with Crippen LogP contribution in [0.15, 0.2) is 0 Å². The van der Waals surface area contributed by atoms with E-state index in [1.807, 2.05) is 6.92 Å². The van der Waals surface area contributed by atoms with Crippen molar-refractivity contribution in [2.75, 3.05) is 18.1 Å². The van der Waals surface area contributed by atoms with Gasteiger partial charge in [-0.15, -0.1) is 0 Å². The van der Waals surface area contributed by atoms with Crippen LogP contribution in [0.2, 0.25) is 0 Å². The predicted octanol–water partition coefficient (Wildman–Crippen LogP) is -0.374. The summed E-state index contributed by atoms with van der Waals surface area (Å²) in [6, 6.07) is 0. The van der Waals surface area contributed by atoms with Crippen molar-refractivity contribution in [2.45, 2.75) is 6.92 Å². The van der Waals surface area contributed by atoms with Crippen molar-refractivity contribution in [1.82, 2.24) is 0 Å². The van der Waals surface area contributed by atoms with E-state index in [-0.39, 0.29) is 11.8 Å². The first-order valence-corrected chi connectivity index (χ1v) is 5.28. The van der Waals surface area contributed by atoms with Crippen LogP contribution in [0.5, 0.6) is 0 Å². The van der Waals surface area contributed by atoms with Gasteiger partial charge in [-0.1, -0.05) is 6.92 Å². The van der Waals surface area contributed by atoms with E-state index < -0.39 is 9.84 Å². The van der Waals surface area contributed by atoms with Gasteiger partial charge in [0.05, 0.1) is 11.5 Å². The normalized spacial score (nSPS) is 38.2. The summed E-state index contributed by atoms with van der Waals surface area (Å²) in [5, 5.41) is 0. The fourth-order valence-corrected chi connectivity index (χ4v) is 3.72. The minimum Gasteiger partial charge on any atom is -0.330 e. The largest absolute Gasteiger partial charge is 0.330 e. The lowest BCUT2D eigenvalue weighted by molar-refractivity contribution is 0.463. The van der Waals surface area contributed by atoms with E-state index in [2.05, 4.69) is 0 Å². The van der Waals surface area contributed by atoms with E-state index >= 15 is 0 Å². The lowest BCUT2D eigenvalue weighted by Crippen LogP contribution is -2.19. The highest BCUT2D eigenvalue weighted by Gasteiger charge is 2.33. The van der Waals surface area contributed by atoms with Crippen LogP contribution in [0, 0.1) is 11.8 Å². The minimum absolute atomic E-state index is 0.199. The Bertz CT molecular complexity index is 210. The second-order valence-corrected chi connectivity index (χ2v) is 5.20. The highest BCUT2D eigenvalue weighted by molar-refractivity contribution is 7.91. The van der Waals surface area contributed by atoms with E-state index in [9.17, 15) is 8.42 Å². The minimum atomic E-state index is -2.74. The number of rotatable bonds is 1. The van der Waals surface area contributed by atoms with Crippen molar-refractivity contribution in [1.29, 1.82) is 0 Å². The molecule has 1 aliphatic heterocycles. The number of hydrogen-bond acceptors (Lipinski definition) is 3. The number of hydrogen-bond donors (Lipinski definition) is 1. The van der Waals surface area contributed by atoms with Crippen molar-refractivity contribution < 1.29 is 8.42 Å². The number of sulfone groups is 1. The van der Waals surface area contributed by atoms with Crippen LogP contribution in [0.3, 0.4) is 0 Å². The van der Waals surface area contributed by atoms with Gasteiger partial charge >= 0.3 is 0 Å². The molecule has 1 aliphatic rings. The predicted molar refractivity (Wildman–Crippen MR) is 40.4 cm³/mol. The molecule has 2 atom stereocenters. The lowest BCUT2D eigenvalue weighted by atomic mass is 9.99. The average molecular weight is 163 g/mol. The zero-order chi connectivity index (χ0) is 7.78. The second-order valence-electron chi connectivity index (χ2n) is 3.05. The third-order valence-electron chi connectivity index (χ3n) is 2.09. The Morgan fingerprint density at radius 1 is 1.50 bits per heavy atom. The third-order valence-corrected chi connectivity index (χ3v) is 4.06. The summed E-state index contributed by atoms with van der Waals surface area (Å²) >= 11 is 0. The van der Waals surface area contributed by atoms with Crippen molar-refractivity contribution >= 4 is 9.84 Å². The molecule has 2 unspecified atom stereocenters. The van der Waals surface area contributed by atoms with Crippen molar-refractivity contribution in [2.24, 2.45) is 17.6 Å². The van der Waals surface area contributed by atoms with E-state index in [1.54, 1.807) is 0 Å². The van der Waals surface area contributed by atoms with Gasteiger partial charge in [-0.2, -0.15) is 0 Å². The molecule has 1 saturated heterocycles. The molecule has 0 amide bonds. The summed E-state index contributed by atoms with van der Waals surface area (Å²) in [6.07, 6.45) is 0.